The Balaban J connectivity index is 2.13. The summed E-state index contributed by atoms with van der Waals surface area (Å²) in [6.07, 6.45) is 3.45. The SMILES string of the molecule is Cc1sc(CC2(N)CC2)cc1Br. The van der Waals surface area contributed by atoms with Gasteiger partial charge in [0.1, 0.15) is 0 Å². The zero-order chi connectivity index (χ0) is 8.77. The van der Waals surface area contributed by atoms with E-state index in [4.69, 9.17) is 5.73 Å². The second-order valence-electron chi connectivity index (χ2n) is 3.66. The van der Waals surface area contributed by atoms with Crippen LogP contribution in [0.5, 0.6) is 0 Å². The Morgan fingerprint density at radius 3 is 2.75 bits per heavy atom. The second-order valence-corrected chi connectivity index (χ2v) is 5.85. The molecule has 2 rings (SSSR count). The minimum atomic E-state index is 0.150. The van der Waals surface area contributed by atoms with Gasteiger partial charge in [0, 0.05) is 19.8 Å². The van der Waals surface area contributed by atoms with E-state index in [1.165, 1.54) is 27.1 Å². The first-order chi connectivity index (χ1) is 5.59. The number of halogens is 1. The van der Waals surface area contributed by atoms with Gasteiger partial charge in [0.15, 0.2) is 0 Å². The Morgan fingerprint density at radius 2 is 2.33 bits per heavy atom. The van der Waals surface area contributed by atoms with Crippen molar-refractivity contribution < 1.29 is 0 Å². The highest BCUT2D eigenvalue weighted by molar-refractivity contribution is 9.10. The fraction of sp³-hybridized carbons (Fsp3) is 0.556. The smallest absolute Gasteiger partial charge is 0.0314 e. The standard InChI is InChI=1S/C9H12BrNS/c1-6-8(10)4-7(12-6)5-9(11)2-3-9/h4H,2-3,5,11H2,1H3. The van der Waals surface area contributed by atoms with Crippen LogP contribution in [-0.2, 0) is 6.42 Å². The molecule has 0 amide bonds. The molecule has 2 N–H and O–H groups in total. The Labute approximate surface area is 85.1 Å². The molecule has 66 valence electrons. The van der Waals surface area contributed by atoms with Crippen LogP contribution < -0.4 is 5.73 Å². The van der Waals surface area contributed by atoms with Crippen LogP contribution in [-0.4, -0.2) is 5.54 Å². The highest BCUT2D eigenvalue weighted by atomic mass is 79.9. The van der Waals surface area contributed by atoms with E-state index in [1.54, 1.807) is 0 Å². The molecule has 0 bridgehead atoms. The molecule has 0 aliphatic heterocycles. The molecular formula is C9H12BrNS. The van der Waals surface area contributed by atoms with Crippen molar-refractivity contribution in [3.63, 3.8) is 0 Å². The Kier molecular flexibility index (Phi) is 2.05. The van der Waals surface area contributed by atoms with Crippen LogP contribution in [0.15, 0.2) is 10.5 Å². The highest BCUT2D eigenvalue weighted by Crippen LogP contribution is 2.38. The summed E-state index contributed by atoms with van der Waals surface area (Å²) in [6, 6.07) is 2.20. The van der Waals surface area contributed by atoms with E-state index < -0.39 is 0 Å². The van der Waals surface area contributed by atoms with Gasteiger partial charge < -0.3 is 5.73 Å². The number of hydrogen-bond donors (Lipinski definition) is 1. The minimum Gasteiger partial charge on any atom is -0.325 e. The van der Waals surface area contributed by atoms with Crippen molar-refractivity contribution in [3.05, 3.63) is 20.3 Å². The van der Waals surface area contributed by atoms with Gasteiger partial charge in [0.05, 0.1) is 0 Å². The van der Waals surface area contributed by atoms with Crippen LogP contribution in [0.4, 0.5) is 0 Å². The largest absolute Gasteiger partial charge is 0.325 e. The van der Waals surface area contributed by atoms with E-state index in [2.05, 4.69) is 28.9 Å². The fourth-order valence-electron chi connectivity index (χ4n) is 1.29. The van der Waals surface area contributed by atoms with Crippen LogP contribution in [0, 0.1) is 6.92 Å². The van der Waals surface area contributed by atoms with Crippen molar-refractivity contribution in [2.45, 2.75) is 31.7 Å². The minimum absolute atomic E-state index is 0.150. The summed E-state index contributed by atoms with van der Waals surface area (Å²) in [6.45, 7) is 2.13. The average Bonchev–Trinajstić information content (AvgIpc) is 2.59. The predicted molar refractivity (Wildman–Crippen MR) is 56.6 cm³/mol. The van der Waals surface area contributed by atoms with Gasteiger partial charge in [-0.25, -0.2) is 0 Å². The lowest BCUT2D eigenvalue weighted by Crippen LogP contribution is -2.23. The zero-order valence-corrected chi connectivity index (χ0v) is 9.46. The van der Waals surface area contributed by atoms with Crippen molar-refractivity contribution in [1.29, 1.82) is 0 Å². The molecule has 0 spiro atoms. The van der Waals surface area contributed by atoms with Gasteiger partial charge in [-0.15, -0.1) is 11.3 Å². The lowest BCUT2D eigenvalue weighted by atomic mass is 10.2. The number of aryl methyl sites for hydroxylation is 1. The molecular weight excluding hydrogens is 234 g/mol. The topological polar surface area (TPSA) is 26.0 Å². The molecule has 0 unspecified atom stereocenters. The van der Waals surface area contributed by atoms with Gasteiger partial charge in [-0.05, 0) is 48.2 Å². The van der Waals surface area contributed by atoms with Crippen molar-refractivity contribution in [2.75, 3.05) is 0 Å². The van der Waals surface area contributed by atoms with Crippen LogP contribution >= 0.6 is 27.3 Å². The Hall–Kier alpha value is 0.140. The molecule has 1 heterocycles. The van der Waals surface area contributed by atoms with E-state index >= 15 is 0 Å². The van der Waals surface area contributed by atoms with Crippen molar-refractivity contribution >= 4 is 27.3 Å². The third kappa shape index (κ3) is 1.73. The number of thiophene rings is 1. The summed E-state index contributed by atoms with van der Waals surface area (Å²) < 4.78 is 1.23. The van der Waals surface area contributed by atoms with Crippen molar-refractivity contribution in [2.24, 2.45) is 5.73 Å². The van der Waals surface area contributed by atoms with E-state index in [0.717, 1.165) is 6.42 Å². The molecule has 0 saturated heterocycles. The maximum Gasteiger partial charge on any atom is 0.0314 e. The third-order valence-corrected chi connectivity index (χ3v) is 4.46. The van der Waals surface area contributed by atoms with Gasteiger partial charge >= 0.3 is 0 Å². The molecule has 0 atom stereocenters. The molecule has 12 heavy (non-hydrogen) atoms. The normalized spacial score (nSPS) is 19.6. The number of hydrogen-bond acceptors (Lipinski definition) is 2. The van der Waals surface area contributed by atoms with Crippen LogP contribution in [0.2, 0.25) is 0 Å². The molecule has 1 saturated carbocycles. The summed E-state index contributed by atoms with van der Waals surface area (Å²) in [5, 5.41) is 0. The highest BCUT2D eigenvalue weighted by Gasteiger charge is 2.38. The first kappa shape index (κ1) is 8.73. The van der Waals surface area contributed by atoms with Gasteiger partial charge in [-0.3, -0.25) is 0 Å². The Bertz CT molecular complexity index is 282. The van der Waals surface area contributed by atoms with E-state index in [-0.39, 0.29) is 5.54 Å². The van der Waals surface area contributed by atoms with E-state index in [0.29, 0.717) is 0 Å². The van der Waals surface area contributed by atoms with Crippen LogP contribution in [0.25, 0.3) is 0 Å². The Morgan fingerprint density at radius 1 is 1.67 bits per heavy atom. The predicted octanol–water partition coefficient (Wildman–Crippen LogP) is 2.85. The second kappa shape index (κ2) is 2.82. The van der Waals surface area contributed by atoms with E-state index in [9.17, 15) is 0 Å². The quantitative estimate of drug-likeness (QED) is 0.853. The summed E-state index contributed by atoms with van der Waals surface area (Å²) in [4.78, 5) is 2.77. The molecule has 0 aromatic carbocycles. The maximum absolute atomic E-state index is 6.03. The van der Waals surface area contributed by atoms with Gasteiger partial charge in [-0.1, -0.05) is 0 Å². The average molecular weight is 246 g/mol. The molecule has 1 nitrogen and oxygen atoms in total. The zero-order valence-electron chi connectivity index (χ0n) is 7.06. The van der Waals surface area contributed by atoms with Gasteiger partial charge in [-0.2, -0.15) is 0 Å². The molecule has 1 aromatic heterocycles. The van der Waals surface area contributed by atoms with Gasteiger partial charge in [0.25, 0.3) is 0 Å². The lowest BCUT2D eigenvalue weighted by Gasteiger charge is -2.04. The van der Waals surface area contributed by atoms with Crippen molar-refractivity contribution in [1.82, 2.24) is 0 Å². The lowest BCUT2D eigenvalue weighted by molar-refractivity contribution is 0.679. The molecule has 1 aliphatic rings. The molecule has 1 aromatic rings. The van der Waals surface area contributed by atoms with Crippen LogP contribution in [0.1, 0.15) is 22.6 Å². The summed E-state index contributed by atoms with van der Waals surface area (Å²) in [5.74, 6) is 0. The fourth-order valence-corrected chi connectivity index (χ4v) is 3.05. The molecule has 0 radical (unpaired) electrons. The third-order valence-electron chi connectivity index (χ3n) is 2.33. The first-order valence-corrected chi connectivity index (χ1v) is 5.74. The van der Waals surface area contributed by atoms with E-state index in [1.807, 2.05) is 11.3 Å². The summed E-state index contributed by atoms with van der Waals surface area (Å²) >= 11 is 5.37. The first-order valence-electron chi connectivity index (χ1n) is 4.13. The summed E-state index contributed by atoms with van der Waals surface area (Å²) in [5.41, 5.74) is 6.18. The van der Waals surface area contributed by atoms with Crippen LogP contribution in [0.3, 0.4) is 0 Å². The number of nitrogens with two attached hydrogens (primary N) is 1. The molecule has 1 aliphatic carbocycles. The molecule has 3 heteroatoms. The van der Waals surface area contributed by atoms with Crippen molar-refractivity contribution in [3.8, 4) is 0 Å². The maximum atomic E-state index is 6.03. The monoisotopic (exact) mass is 245 g/mol. The van der Waals surface area contributed by atoms with Gasteiger partial charge in [0.2, 0.25) is 0 Å². The number of rotatable bonds is 2. The summed E-state index contributed by atoms with van der Waals surface area (Å²) in [7, 11) is 0. The molecule has 1 fully saturated rings.